The molecule has 1 heterocycles. The van der Waals surface area contributed by atoms with E-state index in [1.807, 2.05) is 0 Å². The fourth-order valence-electron chi connectivity index (χ4n) is 1.10. The zero-order valence-electron chi connectivity index (χ0n) is 8.52. The van der Waals surface area contributed by atoms with Gasteiger partial charge in [-0.15, -0.1) is 0 Å². The highest BCUT2D eigenvalue weighted by atomic mass is 16.5. The van der Waals surface area contributed by atoms with E-state index in [1.54, 1.807) is 13.0 Å². The third-order valence-corrected chi connectivity index (χ3v) is 1.71. The largest absolute Gasteiger partial charge is 0.494 e. The molecule has 0 bridgehead atoms. The molecule has 5 heteroatoms. The number of carboxylic acids is 1. The number of pyridine rings is 1. The van der Waals surface area contributed by atoms with E-state index < -0.39 is 5.97 Å². The number of hydrogen-bond donors (Lipinski definition) is 2. The van der Waals surface area contributed by atoms with Crippen molar-refractivity contribution in [3.8, 4) is 5.75 Å². The second kappa shape index (κ2) is 4.45. The molecule has 1 aromatic heterocycles. The van der Waals surface area contributed by atoms with Gasteiger partial charge in [-0.2, -0.15) is 0 Å². The van der Waals surface area contributed by atoms with Crippen molar-refractivity contribution in [2.24, 2.45) is 5.73 Å². The number of carboxylic acid groups (broad SMARTS) is 1. The van der Waals surface area contributed by atoms with E-state index in [9.17, 15) is 4.79 Å². The third-order valence-electron chi connectivity index (χ3n) is 1.71. The first-order chi connectivity index (χ1) is 7.04. The molecule has 0 atom stereocenters. The Morgan fingerprint density at radius 1 is 1.67 bits per heavy atom. The summed E-state index contributed by atoms with van der Waals surface area (Å²) in [4.78, 5) is 14.8. The second-order valence-corrected chi connectivity index (χ2v) is 3.00. The molecule has 0 amide bonds. The van der Waals surface area contributed by atoms with Crippen molar-refractivity contribution in [2.45, 2.75) is 6.92 Å². The summed E-state index contributed by atoms with van der Waals surface area (Å²) in [5.41, 5.74) is 6.59. The number of allylic oxidation sites excluding steroid dienone is 1. The van der Waals surface area contributed by atoms with Gasteiger partial charge in [0, 0.05) is 5.70 Å². The molecule has 0 aliphatic heterocycles. The van der Waals surface area contributed by atoms with Gasteiger partial charge in [-0.3, -0.25) is 4.98 Å². The third kappa shape index (κ3) is 2.70. The first-order valence-electron chi connectivity index (χ1n) is 4.25. The van der Waals surface area contributed by atoms with E-state index in [0.29, 0.717) is 11.4 Å². The summed E-state index contributed by atoms with van der Waals surface area (Å²) in [7, 11) is 1.40. The molecule has 0 aliphatic carbocycles. The Kier molecular flexibility index (Phi) is 3.28. The monoisotopic (exact) mass is 208 g/mol. The van der Waals surface area contributed by atoms with Gasteiger partial charge in [0.15, 0.2) is 5.75 Å². The van der Waals surface area contributed by atoms with Crippen LogP contribution in [0.1, 0.15) is 23.0 Å². The van der Waals surface area contributed by atoms with Crippen molar-refractivity contribution in [1.29, 1.82) is 0 Å². The molecule has 0 saturated carbocycles. The smallest absolute Gasteiger partial charge is 0.339 e. The maximum absolute atomic E-state index is 10.9. The lowest BCUT2D eigenvalue weighted by molar-refractivity contribution is 0.0693. The van der Waals surface area contributed by atoms with Crippen LogP contribution in [0.2, 0.25) is 0 Å². The van der Waals surface area contributed by atoms with Gasteiger partial charge < -0.3 is 15.6 Å². The van der Waals surface area contributed by atoms with Crippen molar-refractivity contribution in [2.75, 3.05) is 7.11 Å². The van der Waals surface area contributed by atoms with Crippen LogP contribution >= 0.6 is 0 Å². The van der Waals surface area contributed by atoms with Gasteiger partial charge in [-0.05, 0) is 19.1 Å². The van der Waals surface area contributed by atoms with E-state index in [1.165, 1.54) is 19.4 Å². The van der Waals surface area contributed by atoms with Crippen LogP contribution < -0.4 is 10.5 Å². The quantitative estimate of drug-likeness (QED) is 0.777. The van der Waals surface area contributed by atoms with E-state index in [0.717, 1.165) is 0 Å². The van der Waals surface area contributed by atoms with Gasteiger partial charge in [-0.1, -0.05) is 0 Å². The van der Waals surface area contributed by atoms with Crippen LogP contribution in [0.4, 0.5) is 0 Å². The Hall–Kier alpha value is -2.04. The molecule has 0 unspecified atom stereocenters. The number of aromatic carboxylic acids is 1. The summed E-state index contributed by atoms with van der Waals surface area (Å²) >= 11 is 0. The van der Waals surface area contributed by atoms with Crippen molar-refractivity contribution in [3.05, 3.63) is 29.2 Å². The fourth-order valence-corrected chi connectivity index (χ4v) is 1.10. The molecule has 80 valence electrons. The van der Waals surface area contributed by atoms with Crippen LogP contribution in [0.25, 0.3) is 6.08 Å². The number of rotatable bonds is 3. The first-order valence-corrected chi connectivity index (χ1v) is 4.25. The highest BCUT2D eigenvalue weighted by Gasteiger charge is 2.11. The molecular formula is C10H12N2O3. The molecule has 0 saturated heterocycles. The van der Waals surface area contributed by atoms with Crippen LogP contribution in [-0.2, 0) is 0 Å². The van der Waals surface area contributed by atoms with Gasteiger partial charge in [0.2, 0.25) is 0 Å². The summed E-state index contributed by atoms with van der Waals surface area (Å²) in [6, 6.07) is 1.41. The number of carbonyl (C=O) groups is 1. The van der Waals surface area contributed by atoms with Crippen LogP contribution in [0.15, 0.2) is 18.0 Å². The average Bonchev–Trinajstić information content (AvgIpc) is 2.16. The Labute approximate surface area is 87.2 Å². The minimum Gasteiger partial charge on any atom is -0.494 e. The Bertz CT molecular complexity index is 409. The lowest BCUT2D eigenvalue weighted by atomic mass is 10.2. The van der Waals surface area contributed by atoms with E-state index >= 15 is 0 Å². The molecule has 1 aromatic rings. The fraction of sp³-hybridized carbons (Fsp3) is 0.200. The van der Waals surface area contributed by atoms with Crippen LogP contribution in [0.3, 0.4) is 0 Å². The zero-order valence-corrected chi connectivity index (χ0v) is 8.52. The van der Waals surface area contributed by atoms with Gasteiger partial charge in [0.25, 0.3) is 0 Å². The summed E-state index contributed by atoms with van der Waals surface area (Å²) < 4.78 is 4.87. The number of hydrogen-bond acceptors (Lipinski definition) is 4. The molecule has 0 aromatic carbocycles. The van der Waals surface area contributed by atoms with Crippen molar-refractivity contribution in [1.82, 2.24) is 4.98 Å². The number of aromatic nitrogens is 1. The van der Waals surface area contributed by atoms with Crippen LogP contribution in [0.5, 0.6) is 5.75 Å². The van der Waals surface area contributed by atoms with Crippen LogP contribution in [-0.4, -0.2) is 23.2 Å². The summed E-state index contributed by atoms with van der Waals surface area (Å²) in [5.74, 6) is -0.826. The Morgan fingerprint density at radius 2 is 2.33 bits per heavy atom. The summed E-state index contributed by atoms with van der Waals surface area (Å²) in [5, 5.41) is 8.90. The highest BCUT2D eigenvalue weighted by Crippen LogP contribution is 2.18. The molecule has 5 nitrogen and oxygen atoms in total. The minimum atomic E-state index is -1.06. The lowest BCUT2D eigenvalue weighted by Gasteiger charge is -2.04. The highest BCUT2D eigenvalue weighted by molar-refractivity contribution is 5.91. The van der Waals surface area contributed by atoms with E-state index in [2.05, 4.69) is 4.98 Å². The van der Waals surface area contributed by atoms with Gasteiger partial charge >= 0.3 is 5.97 Å². The standard InChI is InChI=1S/C10H12N2O3/c1-6(11)3-7-4-8(10(13)14)9(15-2)5-12-7/h3-5H,11H2,1-2H3,(H,13,14)/b6-3-. The van der Waals surface area contributed by atoms with E-state index in [4.69, 9.17) is 15.6 Å². The summed E-state index contributed by atoms with van der Waals surface area (Å²) in [6.07, 6.45) is 2.95. The number of methoxy groups -OCH3 is 1. The SMILES string of the molecule is COc1cnc(/C=C(/C)N)cc1C(=O)O. The normalized spacial score (nSPS) is 11.2. The predicted octanol–water partition coefficient (Wildman–Crippen LogP) is 1.11. The lowest BCUT2D eigenvalue weighted by Crippen LogP contribution is -2.02. The minimum absolute atomic E-state index is 0.0694. The predicted molar refractivity (Wildman–Crippen MR) is 55.6 cm³/mol. The van der Waals surface area contributed by atoms with Gasteiger partial charge in [-0.25, -0.2) is 4.79 Å². The average molecular weight is 208 g/mol. The molecule has 3 N–H and O–H groups in total. The number of ether oxygens (including phenoxy) is 1. The molecular weight excluding hydrogens is 196 g/mol. The topological polar surface area (TPSA) is 85.4 Å². The number of nitrogens with zero attached hydrogens (tertiary/aromatic N) is 1. The van der Waals surface area contributed by atoms with E-state index in [-0.39, 0.29) is 11.3 Å². The Morgan fingerprint density at radius 3 is 2.80 bits per heavy atom. The maximum Gasteiger partial charge on any atom is 0.339 e. The van der Waals surface area contributed by atoms with Crippen LogP contribution in [0, 0.1) is 0 Å². The summed E-state index contributed by atoms with van der Waals surface area (Å²) in [6.45, 7) is 1.70. The Balaban J connectivity index is 3.22. The van der Waals surface area contributed by atoms with Gasteiger partial charge in [0.1, 0.15) is 5.56 Å². The molecule has 0 spiro atoms. The van der Waals surface area contributed by atoms with Crippen molar-refractivity contribution < 1.29 is 14.6 Å². The molecule has 0 fully saturated rings. The van der Waals surface area contributed by atoms with Gasteiger partial charge in [0.05, 0.1) is 19.0 Å². The number of nitrogens with two attached hydrogens (primary N) is 1. The van der Waals surface area contributed by atoms with Crippen molar-refractivity contribution >= 4 is 12.0 Å². The second-order valence-electron chi connectivity index (χ2n) is 3.00. The zero-order chi connectivity index (χ0) is 11.4. The van der Waals surface area contributed by atoms with Crippen molar-refractivity contribution in [3.63, 3.8) is 0 Å². The molecule has 0 radical (unpaired) electrons. The molecule has 15 heavy (non-hydrogen) atoms. The molecule has 1 rings (SSSR count). The maximum atomic E-state index is 10.9. The molecule has 0 aliphatic rings. The first kappa shape index (κ1) is 11.0.